The van der Waals surface area contributed by atoms with Crippen LogP contribution in [0.3, 0.4) is 0 Å². The van der Waals surface area contributed by atoms with Crippen LogP contribution >= 0.6 is 0 Å². The minimum absolute atomic E-state index is 0.0123. The Morgan fingerprint density at radius 1 is 0.867 bits per heavy atom. The third kappa shape index (κ3) is 13.3. The van der Waals surface area contributed by atoms with Gasteiger partial charge in [0.2, 0.25) is 35.4 Å². The van der Waals surface area contributed by atoms with Gasteiger partial charge in [0.25, 0.3) is 17.4 Å². The highest BCUT2D eigenvalue weighted by Crippen LogP contribution is 2.41. The number of imide groups is 1. The Hall–Kier alpha value is -7.44. The van der Waals surface area contributed by atoms with Gasteiger partial charge in [-0.2, -0.15) is 0 Å². The van der Waals surface area contributed by atoms with E-state index in [1.54, 1.807) is 26.8 Å². The molecule has 3 aliphatic heterocycles. The van der Waals surface area contributed by atoms with Gasteiger partial charge in [-0.1, -0.05) is 27.7 Å². The van der Waals surface area contributed by atoms with Crippen LogP contribution in [-0.2, 0) is 77.8 Å². The van der Waals surface area contributed by atoms with Crippen LogP contribution in [0.2, 0.25) is 0 Å². The van der Waals surface area contributed by atoms with Gasteiger partial charge in [0.15, 0.2) is 5.60 Å². The minimum Gasteiger partial charge on any atom is -0.458 e. The van der Waals surface area contributed by atoms with E-state index in [0.717, 1.165) is 28.7 Å². The van der Waals surface area contributed by atoms with Gasteiger partial charge in [-0.05, 0) is 69.1 Å². The summed E-state index contributed by atoms with van der Waals surface area (Å²) in [6.45, 7) is 8.46. The zero-order valence-corrected chi connectivity index (χ0v) is 42.7. The Kier molecular flexibility index (Phi) is 19.1. The van der Waals surface area contributed by atoms with E-state index in [4.69, 9.17) is 20.2 Å². The number of cyclic esters (lactones) is 1. The van der Waals surface area contributed by atoms with Crippen LogP contribution in [0.1, 0.15) is 102 Å². The molecule has 1 aromatic carbocycles. The van der Waals surface area contributed by atoms with Crippen LogP contribution in [0, 0.1) is 11.7 Å². The lowest BCUT2D eigenvalue weighted by Gasteiger charge is -2.31. The highest BCUT2D eigenvalue weighted by Gasteiger charge is 2.45. The number of amides is 8. The number of nitrogens with one attached hydrogen (secondary N) is 6. The van der Waals surface area contributed by atoms with Gasteiger partial charge < -0.3 is 56.8 Å². The number of aromatic nitrogens is 2. The number of ether oxygens (including phenoxy) is 2. The van der Waals surface area contributed by atoms with Crippen molar-refractivity contribution in [1.29, 1.82) is 0 Å². The molecule has 23 nitrogen and oxygen atoms in total. The number of fused-ring (bicyclic) bond motifs is 5. The van der Waals surface area contributed by atoms with Crippen LogP contribution in [-0.4, -0.2) is 130 Å². The van der Waals surface area contributed by atoms with E-state index in [2.05, 4.69) is 31.9 Å². The zero-order chi connectivity index (χ0) is 54.7. The molecule has 24 heteroatoms. The molecule has 9 N–H and O–H groups in total. The van der Waals surface area contributed by atoms with Crippen molar-refractivity contribution in [3.05, 3.63) is 68.8 Å². The molecule has 3 aromatic rings. The summed E-state index contributed by atoms with van der Waals surface area (Å²) in [7, 11) is 0. The number of pyridine rings is 2. The number of halogens is 1. The Labute approximate surface area is 431 Å². The van der Waals surface area contributed by atoms with Gasteiger partial charge in [-0.3, -0.25) is 48.1 Å². The Morgan fingerprint density at radius 3 is 2.28 bits per heavy atom. The molecular formula is C51H65FN10O13. The van der Waals surface area contributed by atoms with Gasteiger partial charge in [-0.25, -0.2) is 14.2 Å². The Morgan fingerprint density at radius 2 is 1.60 bits per heavy atom. The van der Waals surface area contributed by atoms with Crippen molar-refractivity contribution in [2.45, 2.75) is 123 Å². The monoisotopic (exact) mass is 1040 g/mol. The fourth-order valence-corrected chi connectivity index (χ4v) is 9.08. The molecule has 0 fully saturated rings. The third-order valence-corrected chi connectivity index (χ3v) is 13.3. The van der Waals surface area contributed by atoms with Gasteiger partial charge in [-0.15, -0.1) is 0 Å². The van der Waals surface area contributed by atoms with Gasteiger partial charge >= 0.3 is 5.97 Å². The van der Waals surface area contributed by atoms with Crippen LogP contribution in [0.5, 0.6) is 0 Å². The number of aliphatic hydroxyl groups is 1. The number of hydrogen-bond donors (Lipinski definition) is 8. The summed E-state index contributed by atoms with van der Waals surface area (Å²) < 4.78 is 27.6. The molecule has 0 unspecified atom stereocenters. The summed E-state index contributed by atoms with van der Waals surface area (Å²) in [4.78, 5) is 135. The lowest BCUT2D eigenvalue weighted by molar-refractivity contribution is -0.172. The quantitative estimate of drug-likeness (QED) is 0.0239. The second-order valence-electron chi connectivity index (χ2n) is 18.8. The SMILES string of the molecule is CCc1c2c(nc3cc(F)c(NC(=O)CNC(=O)[C@H](C)NC(=O)[C@@H](NC(=O)[C@H](CCCCNC(=O)CCOCCN)NC(=O)CCCN4C(=O)C=CC4=O)C(C)C)cc13)-c1cc3c(c(=O)n1C2)COC(=O)[C@]3(O)CC. The maximum Gasteiger partial charge on any atom is 0.343 e. The molecule has 3 aliphatic rings. The topological polar surface area (TPSA) is 329 Å². The summed E-state index contributed by atoms with van der Waals surface area (Å²) >= 11 is 0. The summed E-state index contributed by atoms with van der Waals surface area (Å²) in [6, 6.07) is 0.553. The molecule has 0 aliphatic carbocycles. The van der Waals surface area contributed by atoms with E-state index in [0.29, 0.717) is 54.8 Å². The normalized spacial score (nSPS) is 16.7. The van der Waals surface area contributed by atoms with E-state index in [9.17, 15) is 53.1 Å². The maximum atomic E-state index is 15.7. The summed E-state index contributed by atoms with van der Waals surface area (Å²) in [6.07, 6.45) is 3.70. The fraction of sp³-hybridized carbons (Fsp3) is 0.510. The first-order valence-electron chi connectivity index (χ1n) is 25.1. The lowest BCUT2D eigenvalue weighted by atomic mass is 9.86. The lowest BCUT2D eigenvalue weighted by Crippen LogP contribution is -2.58. The van der Waals surface area contributed by atoms with E-state index in [-0.39, 0.29) is 93.2 Å². The predicted octanol–water partition coefficient (Wildman–Crippen LogP) is 0.323. The van der Waals surface area contributed by atoms with E-state index in [1.807, 2.05) is 6.92 Å². The third-order valence-electron chi connectivity index (χ3n) is 13.3. The Bertz CT molecular complexity index is 2830. The number of anilines is 1. The molecule has 0 saturated carbocycles. The second-order valence-corrected chi connectivity index (χ2v) is 18.8. The molecule has 0 spiro atoms. The van der Waals surface area contributed by atoms with Crippen LogP contribution < -0.4 is 43.2 Å². The molecule has 6 rings (SSSR count). The van der Waals surface area contributed by atoms with Gasteiger partial charge in [0.05, 0.1) is 54.5 Å². The maximum absolute atomic E-state index is 15.7. The number of esters is 1. The minimum atomic E-state index is -2.03. The first-order chi connectivity index (χ1) is 35.7. The number of unbranched alkanes of at least 4 members (excludes halogenated alkanes) is 1. The van der Waals surface area contributed by atoms with Crippen molar-refractivity contribution >= 4 is 69.8 Å². The second kappa shape index (κ2) is 25.2. The number of hydrogen-bond acceptors (Lipinski definition) is 15. The predicted molar refractivity (Wildman–Crippen MR) is 268 cm³/mol. The molecule has 5 heterocycles. The molecule has 404 valence electrons. The molecule has 75 heavy (non-hydrogen) atoms. The zero-order valence-electron chi connectivity index (χ0n) is 42.7. The number of nitrogens with zero attached hydrogens (tertiary/aromatic N) is 3. The van der Waals surface area contributed by atoms with Crippen molar-refractivity contribution in [3.8, 4) is 11.4 Å². The standard InChI is InChI=1S/C51H65FN10O13/c1-6-29-30-21-37(34(52)23-36(30)59-45-31(29)25-62-38(45)22-33-32(49(62)71)26-75-50(72)51(33,73)7-2)58-41(65)24-55-46(68)28(5)56-48(70)44(27(3)4)60-47(69)35(11-8-9-17-54-39(63)15-19-74-20-16-53)57-40(64)12-10-18-61-42(66)13-14-43(61)67/h13-14,21-23,27-28,35,44,73H,6-12,15-20,24-26,53H2,1-5H3,(H,54,63)(H,55,68)(H,56,70)(H,57,64)(H,58,65)(H,60,69)/t28-,35-,44-,51-/m0/s1. The van der Waals surface area contributed by atoms with Gasteiger partial charge in [0.1, 0.15) is 30.5 Å². The van der Waals surface area contributed by atoms with Crippen molar-refractivity contribution < 1.29 is 62.1 Å². The van der Waals surface area contributed by atoms with Crippen LogP contribution in [0.25, 0.3) is 22.3 Å². The number of nitrogens with two attached hydrogens (primary N) is 1. The van der Waals surface area contributed by atoms with Crippen molar-refractivity contribution in [3.63, 3.8) is 0 Å². The van der Waals surface area contributed by atoms with Crippen LogP contribution in [0.4, 0.5) is 10.1 Å². The number of benzene rings is 1. The number of carbonyl (C=O) groups is 9. The smallest absolute Gasteiger partial charge is 0.343 e. The highest BCUT2D eigenvalue weighted by atomic mass is 19.1. The number of rotatable bonds is 26. The fourth-order valence-electron chi connectivity index (χ4n) is 9.08. The average Bonchev–Trinajstić information content (AvgIpc) is 3.90. The summed E-state index contributed by atoms with van der Waals surface area (Å²) in [5.74, 6) is -7.03. The molecule has 0 radical (unpaired) electrons. The molecular weight excluding hydrogens is 980 g/mol. The van der Waals surface area contributed by atoms with Gasteiger partial charge in [0, 0.05) is 67.2 Å². The van der Waals surface area contributed by atoms with Crippen molar-refractivity contribution in [1.82, 2.24) is 41.0 Å². The average molecular weight is 1050 g/mol. The molecule has 8 amide bonds. The highest BCUT2D eigenvalue weighted by molar-refractivity contribution is 6.13. The molecule has 2 aromatic heterocycles. The first-order valence-corrected chi connectivity index (χ1v) is 25.1. The Balaban J connectivity index is 1.05. The largest absolute Gasteiger partial charge is 0.458 e. The van der Waals surface area contributed by atoms with Crippen molar-refractivity contribution in [2.75, 3.05) is 44.7 Å². The summed E-state index contributed by atoms with van der Waals surface area (Å²) in [5.41, 5.74) is 5.35. The van der Waals surface area contributed by atoms with E-state index in [1.165, 1.54) is 17.6 Å². The first kappa shape index (κ1) is 56.8. The summed E-state index contributed by atoms with van der Waals surface area (Å²) in [5, 5.41) is 27.3. The molecule has 4 atom stereocenters. The van der Waals surface area contributed by atoms with Crippen LogP contribution in [0.15, 0.2) is 35.1 Å². The van der Waals surface area contributed by atoms with Crippen molar-refractivity contribution in [2.24, 2.45) is 11.7 Å². The number of aryl methyl sites for hydroxylation is 1. The molecule has 0 bridgehead atoms. The van der Waals surface area contributed by atoms with E-state index < -0.39 is 94.9 Å². The number of carbonyl (C=O) groups excluding carboxylic acids is 9. The van der Waals surface area contributed by atoms with E-state index >= 15 is 4.39 Å². The molecule has 0 saturated heterocycles.